The first-order valence-corrected chi connectivity index (χ1v) is 11.6. The number of tetrazole rings is 1. The summed E-state index contributed by atoms with van der Waals surface area (Å²) in [7, 11) is 0. The number of hydrogen-bond donors (Lipinski definition) is 3. The van der Waals surface area contributed by atoms with Crippen molar-refractivity contribution >= 4 is 23.6 Å². The molecule has 0 spiro atoms. The summed E-state index contributed by atoms with van der Waals surface area (Å²) in [5.41, 5.74) is 2.11. The molecule has 3 N–H and O–H groups in total. The van der Waals surface area contributed by atoms with Gasteiger partial charge in [0, 0.05) is 23.8 Å². The first kappa shape index (κ1) is 24.5. The van der Waals surface area contributed by atoms with Gasteiger partial charge >= 0.3 is 6.09 Å². The van der Waals surface area contributed by atoms with E-state index in [1.807, 2.05) is 0 Å². The predicted molar refractivity (Wildman–Crippen MR) is 125 cm³/mol. The summed E-state index contributed by atoms with van der Waals surface area (Å²) in [5, 5.41) is 26.9. The molecule has 4 rings (SSSR count). The fourth-order valence-electron chi connectivity index (χ4n) is 4.17. The number of amides is 2. The van der Waals surface area contributed by atoms with E-state index in [4.69, 9.17) is 16.7 Å². The third-order valence-corrected chi connectivity index (χ3v) is 6.22. The van der Waals surface area contributed by atoms with Crippen LogP contribution in [0.15, 0.2) is 30.3 Å². The van der Waals surface area contributed by atoms with Crippen LogP contribution in [0, 0.1) is 18.7 Å². The third kappa shape index (κ3) is 6.50. The Bertz CT molecular complexity index is 1230. The van der Waals surface area contributed by atoms with Gasteiger partial charge in [0.2, 0.25) is 5.82 Å². The molecule has 0 aliphatic heterocycles. The zero-order valence-corrected chi connectivity index (χ0v) is 19.8. The highest BCUT2D eigenvalue weighted by Crippen LogP contribution is 2.26. The van der Waals surface area contributed by atoms with Crippen LogP contribution >= 0.6 is 11.6 Å². The lowest BCUT2D eigenvalue weighted by molar-refractivity contribution is 0.0945. The average Bonchev–Trinajstić information content (AvgIpc) is 3.29. The Hall–Kier alpha value is -3.60. The van der Waals surface area contributed by atoms with E-state index in [1.165, 1.54) is 12.1 Å². The van der Waals surface area contributed by atoms with Crippen molar-refractivity contribution in [3.05, 3.63) is 58.1 Å². The number of halogens is 2. The molecule has 12 heteroatoms. The molecule has 0 radical (unpaired) electrons. The highest BCUT2D eigenvalue weighted by molar-refractivity contribution is 6.30. The Morgan fingerprint density at radius 1 is 1.20 bits per heavy atom. The van der Waals surface area contributed by atoms with Crippen LogP contribution in [0.25, 0.3) is 11.4 Å². The molecular formula is C23H25ClFN7O3. The maximum atomic E-state index is 13.3. The molecule has 1 aliphatic rings. The van der Waals surface area contributed by atoms with Gasteiger partial charge in [-0.15, -0.1) is 10.2 Å². The number of aromatic nitrogens is 5. The average molecular weight is 502 g/mol. The molecule has 1 fully saturated rings. The maximum absolute atomic E-state index is 13.3. The van der Waals surface area contributed by atoms with E-state index in [9.17, 15) is 14.0 Å². The summed E-state index contributed by atoms with van der Waals surface area (Å²) >= 11 is 5.80. The second-order valence-electron chi connectivity index (χ2n) is 8.65. The molecule has 1 saturated carbocycles. The molecule has 1 aliphatic carbocycles. The van der Waals surface area contributed by atoms with Gasteiger partial charge in [-0.3, -0.25) is 4.79 Å². The summed E-state index contributed by atoms with van der Waals surface area (Å²) in [6.07, 6.45) is 2.33. The Kier molecular flexibility index (Phi) is 7.54. The van der Waals surface area contributed by atoms with Gasteiger partial charge in [-0.1, -0.05) is 17.7 Å². The molecule has 10 nitrogen and oxygen atoms in total. The summed E-state index contributed by atoms with van der Waals surface area (Å²) in [5.74, 6) is -0.190. The van der Waals surface area contributed by atoms with E-state index in [2.05, 4.69) is 31.0 Å². The van der Waals surface area contributed by atoms with E-state index in [0.717, 1.165) is 25.7 Å². The van der Waals surface area contributed by atoms with Crippen molar-refractivity contribution < 1.29 is 19.1 Å². The minimum atomic E-state index is -0.989. The highest BCUT2D eigenvalue weighted by atomic mass is 35.5. The molecule has 1 aromatic carbocycles. The fourth-order valence-corrected chi connectivity index (χ4v) is 4.37. The van der Waals surface area contributed by atoms with Gasteiger partial charge in [-0.2, -0.15) is 4.80 Å². The van der Waals surface area contributed by atoms with Crippen LogP contribution in [0.3, 0.4) is 0 Å². The number of carboxylic acid groups (broad SMARTS) is 1. The number of carbonyl (C=O) groups excluding carboxylic acids is 1. The molecule has 0 bridgehead atoms. The summed E-state index contributed by atoms with van der Waals surface area (Å²) < 4.78 is 13.3. The number of nitrogens with one attached hydrogen (secondary N) is 2. The first-order chi connectivity index (χ1) is 16.8. The molecule has 2 heterocycles. The third-order valence-electron chi connectivity index (χ3n) is 5.93. The van der Waals surface area contributed by atoms with Crippen molar-refractivity contribution in [3.63, 3.8) is 0 Å². The van der Waals surface area contributed by atoms with Crippen molar-refractivity contribution in [1.82, 2.24) is 35.8 Å². The summed E-state index contributed by atoms with van der Waals surface area (Å²) in [4.78, 5) is 29.3. The number of benzene rings is 1. The van der Waals surface area contributed by atoms with Gasteiger partial charge in [0.05, 0.1) is 11.6 Å². The first-order valence-electron chi connectivity index (χ1n) is 11.3. The molecule has 2 amide bonds. The van der Waals surface area contributed by atoms with Gasteiger partial charge in [0.25, 0.3) is 5.91 Å². The van der Waals surface area contributed by atoms with Crippen molar-refractivity contribution in [3.8, 4) is 11.4 Å². The molecule has 0 saturated heterocycles. The van der Waals surface area contributed by atoms with Gasteiger partial charge in [-0.25, -0.2) is 14.2 Å². The van der Waals surface area contributed by atoms with Crippen LogP contribution in [0.2, 0.25) is 5.02 Å². The molecule has 35 heavy (non-hydrogen) atoms. The van der Waals surface area contributed by atoms with Crippen LogP contribution in [-0.2, 0) is 13.1 Å². The summed E-state index contributed by atoms with van der Waals surface area (Å²) in [6, 6.07) is 7.63. The molecule has 0 atom stereocenters. The van der Waals surface area contributed by atoms with Gasteiger partial charge in [-0.05, 0) is 73.6 Å². The smallest absolute Gasteiger partial charge is 0.404 e. The van der Waals surface area contributed by atoms with E-state index < -0.39 is 17.8 Å². The van der Waals surface area contributed by atoms with Gasteiger partial charge < -0.3 is 15.7 Å². The standard InChI is InChI=1S/C23H25ClFN7O3/c1-13-8-16(10-20(27-13)22(33)26-11-15-4-7-19(25)18(24)9-15)21-29-31-32(30-21)12-14-2-5-17(6-3-14)28-23(34)35/h4,7-10,14,17,28H,2-3,5-6,11-12H2,1H3,(H,26,33)(H,34,35)/t14-,17-. The SMILES string of the molecule is Cc1cc(-c2nnn(C[C@H]3CC[C@H](NC(=O)O)CC3)n2)cc(C(=O)NCc2ccc(F)c(Cl)c2)n1. The molecule has 0 unspecified atom stereocenters. The Morgan fingerprint density at radius 3 is 2.69 bits per heavy atom. The van der Waals surface area contributed by atoms with Gasteiger partial charge in [0.15, 0.2) is 0 Å². The molecular weight excluding hydrogens is 477 g/mol. The lowest BCUT2D eigenvalue weighted by Crippen LogP contribution is -2.37. The van der Waals surface area contributed by atoms with Crippen molar-refractivity contribution in [2.75, 3.05) is 0 Å². The van der Waals surface area contributed by atoms with Crippen molar-refractivity contribution in [2.45, 2.75) is 51.7 Å². The van der Waals surface area contributed by atoms with Gasteiger partial charge in [0.1, 0.15) is 11.5 Å². The zero-order chi connectivity index (χ0) is 24.9. The topological polar surface area (TPSA) is 135 Å². The zero-order valence-electron chi connectivity index (χ0n) is 19.0. The summed E-state index contributed by atoms with van der Waals surface area (Å²) in [6.45, 7) is 2.53. The second-order valence-corrected chi connectivity index (χ2v) is 9.06. The highest BCUT2D eigenvalue weighted by Gasteiger charge is 2.23. The quantitative estimate of drug-likeness (QED) is 0.450. The Morgan fingerprint density at radius 2 is 1.97 bits per heavy atom. The Labute approximate surface area is 205 Å². The normalized spacial score (nSPS) is 17.7. The molecule has 184 valence electrons. The van der Waals surface area contributed by atoms with E-state index in [-0.39, 0.29) is 23.3 Å². The lowest BCUT2D eigenvalue weighted by atomic mass is 9.86. The number of hydrogen-bond acceptors (Lipinski definition) is 6. The molecule has 2 aromatic heterocycles. The van der Waals surface area contributed by atoms with Crippen LogP contribution in [0.4, 0.5) is 9.18 Å². The van der Waals surface area contributed by atoms with Crippen LogP contribution in [-0.4, -0.2) is 48.3 Å². The lowest BCUT2D eigenvalue weighted by Gasteiger charge is -2.27. The minimum absolute atomic E-state index is 0.00702. The predicted octanol–water partition coefficient (Wildman–Crippen LogP) is 3.59. The fraction of sp³-hybridized carbons (Fsp3) is 0.391. The van der Waals surface area contributed by atoms with E-state index >= 15 is 0 Å². The van der Waals surface area contributed by atoms with E-state index in [1.54, 1.807) is 29.9 Å². The van der Waals surface area contributed by atoms with Crippen LogP contribution in [0.5, 0.6) is 0 Å². The largest absolute Gasteiger partial charge is 0.465 e. The van der Waals surface area contributed by atoms with E-state index in [0.29, 0.717) is 35.1 Å². The van der Waals surface area contributed by atoms with Crippen LogP contribution < -0.4 is 10.6 Å². The number of rotatable bonds is 7. The van der Waals surface area contributed by atoms with Crippen LogP contribution in [0.1, 0.15) is 47.4 Å². The minimum Gasteiger partial charge on any atom is -0.465 e. The number of pyridine rings is 1. The number of aryl methyl sites for hydroxylation is 1. The number of carbonyl (C=O) groups is 2. The van der Waals surface area contributed by atoms with Crippen molar-refractivity contribution in [2.24, 2.45) is 5.92 Å². The number of nitrogens with zero attached hydrogens (tertiary/aromatic N) is 5. The molecule has 3 aromatic rings. The Balaban J connectivity index is 1.38. The monoisotopic (exact) mass is 501 g/mol. The second kappa shape index (κ2) is 10.8. The maximum Gasteiger partial charge on any atom is 0.404 e. The van der Waals surface area contributed by atoms with Crippen molar-refractivity contribution in [1.29, 1.82) is 0 Å².